The van der Waals surface area contributed by atoms with Gasteiger partial charge < -0.3 is 13.4 Å². The number of hydrogen-bond donors (Lipinski definition) is 0. The summed E-state index contributed by atoms with van der Waals surface area (Å²) in [6.07, 6.45) is 1.77. The zero-order valence-corrected chi connectivity index (χ0v) is 23.0. The molecule has 0 fully saturated rings. The Balaban J connectivity index is 1.38. The fourth-order valence-corrected chi connectivity index (χ4v) is 7.06. The number of furan rings is 2. The molecular weight excluding hydrogens is 526 g/mol. The van der Waals surface area contributed by atoms with Crippen molar-refractivity contribution in [1.29, 1.82) is 0 Å². The van der Waals surface area contributed by atoms with E-state index in [1.807, 2.05) is 18.2 Å². The van der Waals surface area contributed by atoms with E-state index >= 15 is 0 Å². The molecule has 3 aromatic heterocycles. The van der Waals surface area contributed by atoms with E-state index in [-0.39, 0.29) is 0 Å². The van der Waals surface area contributed by atoms with Crippen molar-refractivity contribution in [3.05, 3.63) is 140 Å². The van der Waals surface area contributed by atoms with Crippen LogP contribution in [0.1, 0.15) is 0 Å². The predicted molar refractivity (Wildman–Crippen MR) is 178 cm³/mol. The average Bonchev–Trinajstić information content (AvgIpc) is 3.76. The molecule has 3 nitrogen and oxygen atoms in total. The predicted octanol–water partition coefficient (Wildman–Crippen LogP) is 11.4. The summed E-state index contributed by atoms with van der Waals surface area (Å²) in [4.78, 5) is 0. The van der Waals surface area contributed by atoms with Crippen LogP contribution in [0.25, 0.3) is 93.1 Å². The Bertz CT molecular complexity index is 2720. The Hall–Kier alpha value is -5.80. The van der Waals surface area contributed by atoms with Crippen LogP contribution in [-0.2, 0) is 0 Å². The van der Waals surface area contributed by atoms with Crippen molar-refractivity contribution in [3.8, 4) is 16.8 Å². The van der Waals surface area contributed by atoms with Gasteiger partial charge in [0, 0.05) is 32.6 Å². The number of rotatable bonds is 2. The molecule has 0 atom stereocenters. The van der Waals surface area contributed by atoms with Gasteiger partial charge in [0.05, 0.1) is 17.3 Å². The monoisotopic (exact) mass is 549 g/mol. The molecule has 0 aliphatic heterocycles. The highest BCUT2D eigenvalue weighted by Crippen LogP contribution is 2.43. The maximum absolute atomic E-state index is 6.18. The van der Waals surface area contributed by atoms with Crippen molar-refractivity contribution in [3.63, 3.8) is 0 Å². The van der Waals surface area contributed by atoms with Crippen molar-refractivity contribution < 1.29 is 8.83 Å². The highest BCUT2D eigenvalue weighted by atomic mass is 16.3. The highest BCUT2D eigenvalue weighted by Gasteiger charge is 2.18. The normalized spacial score (nSPS) is 12.2. The first kappa shape index (κ1) is 22.8. The maximum atomic E-state index is 6.18. The molecule has 0 radical (unpaired) electrons. The first-order chi connectivity index (χ1) is 21.3. The van der Waals surface area contributed by atoms with E-state index in [4.69, 9.17) is 8.83 Å². The van der Waals surface area contributed by atoms with E-state index in [0.717, 1.165) is 49.5 Å². The molecule has 0 spiro atoms. The van der Waals surface area contributed by atoms with Crippen LogP contribution in [0.2, 0.25) is 0 Å². The van der Waals surface area contributed by atoms with E-state index in [1.54, 1.807) is 6.26 Å². The fraction of sp³-hybridized carbons (Fsp3) is 0. The van der Waals surface area contributed by atoms with E-state index in [1.165, 1.54) is 43.5 Å². The highest BCUT2D eigenvalue weighted by molar-refractivity contribution is 6.23. The zero-order valence-electron chi connectivity index (χ0n) is 23.0. The average molecular weight is 550 g/mol. The molecule has 7 aromatic carbocycles. The van der Waals surface area contributed by atoms with E-state index in [2.05, 4.69) is 120 Å². The number of para-hydroxylation sites is 3. The van der Waals surface area contributed by atoms with Gasteiger partial charge in [-0.05, 0) is 105 Å². The molecule has 0 N–H and O–H groups in total. The number of hydrogen-bond acceptors (Lipinski definition) is 2. The van der Waals surface area contributed by atoms with Gasteiger partial charge in [0.1, 0.15) is 16.7 Å². The third kappa shape index (κ3) is 3.19. The van der Waals surface area contributed by atoms with Crippen LogP contribution in [0.4, 0.5) is 0 Å². The van der Waals surface area contributed by atoms with E-state index in [9.17, 15) is 0 Å². The summed E-state index contributed by atoms with van der Waals surface area (Å²) in [7, 11) is 0. The van der Waals surface area contributed by atoms with Gasteiger partial charge in [-0.15, -0.1) is 0 Å². The van der Waals surface area contributed by atoms with Crippen LogP contribution in [-0.4, -0.2) is 4.57 Å². The van der Waals surface area contributed by atoms with Crippen LogP contribution in [0.3, 0.4) is 0 Å². The summed E-state index contributed by atoms with van der Waals surface area (Å²) < 4.78 is 14.4. The van der Waals surface area contributed by atoms with Crippen LogP contribution in [0.15, 0.2) is 149 Å². The number of fused-ring (bicyclic) bond motifs is 10. The second-order valence-corrected chi connectivity index (χ2v) is 11.4. The van der Waals surface area contributed by atoms with Crippen molar-refractivity contribution in [2.45, 2.75) is 0 Å². The Labute approximate surface area is 245 Å². The largest absolute Gasteiger partial charge is 0.464 e. The third-order valence-electron chi connectivity index (χ3n) is 9.02. The summed E-state index contributed by atoms with van der Waals surface area (Å²) in [6, 6.07) is 47.8. The summed E-state index contributed by atoms with van der Waals surface area (Å²) >= 11 is 0. The molecule has 0 unspecified atom stereocenters. The number of nitrogens with zero attached hydrogens (tertiary/aromatic N) is 1. The van der Waals surface area contributed by atoms with Crippen molar-refractivity contribution in [1.82, 2.24) is 4.57 Å². The van der Waals surface area contributed by atoms with Crippen molar-refractivity contribution in [2.24, 2.45) is 0 Å². The summed E-state index contributed by atoms with van der Waals surface area (Å²) in [5.74, 6) is 0. The number of benzene rings is 7. The lowest BCUT2D eigenvalue weighted by Gasteiger charge is -2.13. The molecule has 0 amide bonds. The molecule has 0 saturated carbocycles. The Morgan fingerprint density at radius 2 is 1.23 bits per heavy atom. The third-order valence-corrected chi connectivity index (χ3v) is 9.02. The molecule has 200 valence electrons. The van der Waals surface area contributed by atoms with Crippen LogP contribution in [0.5, 0.6) is 0 Å². The van der Waals surface area contributed by atoms with Crippen LogP contribution in [0, 0.1) is 0 Å². The minimum Gasteiger partial charge on any atom is -0.464 e. The zero-order chi connectivity index (χ0) is 28.1. The molecular formula is C40H23NO2. The van der Waals surface area contributed by atoms with Crippen LogP contribution < -0.4 is 0 Å². The fourth-order valence-electron chi connectivity index (χ4n) is 7.06. The van der Waals surface area contributed by atoms with Crippen molar-refractivity contribution >= 4 is 76.3 Å². The molecule has 3 heterocycles. The summed E-state index contributed by atoms with van der Waals surface area (Å²) in [5, 5.41) is 10.7. The summed E-state index contributed by atoms with van der Waals surface area (Å²) in [6.45, 7) is 0. The van der Waals surface area contributed by atoms with Gasteiger partial charge in [-0.25, -0.2) is 0 Å². The molecule has 10 rings (SSSR count). The Kier molecular flexibility index (Phi) is 4.45. The Morgan fingerprint density at radius 3 is 2.16 bits per heavy atom. The lowest BCUT2D eigenvalue weighted by Crippen LogP contribution is -1.93. The van der Waals surface area contributed by atoms with Crippen LogP contribution >= 0.6 is 0 Å². The molecule has 10 aromatic rings. The minimum absolute atomic E-state index is 0.897. The van der Waals surface area contributed by atoms with Gasteiger partial charge in [0.2, 0.25) is 0 Å². The van der Waals surface area contributed by atoms with Gasteiger partial charge in [-0.2, -0.15) is 0 Å². The lowest BCUT2D eigenvalue weighted by molar-refractivity contribution is 0.616. The first-order valence-corrected chi connectivity index (χ1v) is 14.6. The molecule has 0 aliphatic carbocycles. The first-order valence-electron chi connectivity index (χ1n) is 14.6. The molecule has 43 heavy (non-hydrogen) atoms. The standard InChI is InChI=1S/C40H23NO2/c1-2-8-27(9-3-1)41-36-12-6-4-10-28(36)34-22-32-30(24-14-15-39-35(18-24)29-11-5-7-13-38(29)43-39)20-26-21-40-25(16-17-42-40)19-31(26)33(32)23-37(34)41/h1-23H. The maximum Gasteiger partial charge on any atom is 0.135 e. The van der Waals surface area contributed by atoms with Gasteiger partial charge in [-0.3, -0.25) is 0 Å². The number of aromatic nitrogens is 1. The lowest BCUT2D eigenvalue weighted by atomic mass is 9.91. The topological polar surface area (TPSA) is 31.2 Å². The molecule has 0 bridgehead atoms. The summed E-state index contributed by atoms with van der Waals surface area (Å²) in [5.41, 5.74) is 8.62. The Morgan fingerprint density at radius 1 is 0.419 bits per heavy atom. The van der Waals surface area contributed by atoms with Gasteiger partial charge in [0.15, 0.2) is 0 Å². The van der Waals surface area contributed by atoms with Gasteiger partial charge in [-0.1, -0.05) is 60.7 Å². The van der Waals surface area contributed by atoms with E-state index in [0.29, 0.717) is 0 Å². The SMILES string of the molecule is c1ccc(-n2c3ccccc3c3cc4c(-c5ccc6oc7ccccc7c6c5)cc5cc6occc6cc5c4cc32)cc1. The molecule has 0 aliphatic rings. The van der Waals surface area contributed by atoms with Gasteiger partial charge >= 0.3 is 0 Å². The quantitative estimate of drug-likeness (QED) is 0.201. The van der Waals surface area contributed by atoms with E-state index < -0.39 is 0 Å². The smallest absolute Gasteiger partial charge is 0.135 e. The molecule has 3 heteroatoms. The van der Waals surface area contributed by atoms with Gasteiger partial charge in [0.25, 0.3) is 0 Å². The minimum atomic E-state index is 0.897. The van der Waals surface area contributed by atoms with Crippen molar-refractivity contribution in [2.75, 3.05) is 0 Å². The molecule has 0 saturated heterocycles. The second kappa shape index (κ2) is 8.37. The second-order valence-electron chi connectivity index (χ2n) is 11.4.